The van der Waals surface area contributed by atoms with Gasteiger partial charge in [-0.2, -0.15) is 0 Å². The number of hydrogen-bond acceptors (Lipinski definition) is 2. The fourth-order valence-electron chi connectivity index (χ4n) is 2.87. The van der Waals surface area contributed by atoms with E-state index in [1.807, 2.05) is 24.1 Å². The van der Waals surface area contributed by atoms with Crippen LogP contribution in [0.4, 0.5) is 5.69 Å². The van der Waals surface area contributed by atoms with Crippen LogP contribution in [0.25, 0.3) is 0 Å². The van der Waals surface area contributed by atoms with E-state index < -0.39 is 0 Å². The molecule has 1 heterocycles. The van der Waals surface area contributed by atoms with Crippen LogP contribution in [0, 0.1) is 5.92 Å². The third-order valence-electron chi connectivity index (χ3n) is 4.20. The number of hydrogen-bond donors (Lipinski definition) is 1. The molecule has 1 aliphatic carbocycles. The molecular weight excluding hydrogens is 224 g/mol. The number of likely N-dealkylation sites (N-methyl/N-ethyl adjacent to an activating group) is 1. The van der Waals surface area contributed by atoms with Gasteiger partial charge in [0.2, 0.25) is 5.91 Å². The van der Waals surface area contributed by atoms with E-state index in [0.717, 1.165) is 24.6 Å². The van der Waals surface area contributed by atoms with Gasteiger partial charge in [0.05, 0.1) is 0 Å². The Morgan fingerprint density at radius 2 is 2.17 bits per heavy atom. The monoisotopic (exact) mass is 244 g/mol. The summed E-state index contributed by atoms with van der Waals surface area (Å²) in [5.74, 6) is 0.973. The molecule has 1 aromatic rings. The van der Waals surface area contributed by atoms with Crippen molar-refractivity contribution in [1.82, 2.24) is 4.90 Å². The van der Waals surface area contributed by atoms with Gasteiger partial charge in [0.1, 0.15) is 6.04 Å². The molecule has 0 unspecified atom stereocenters. The van der Waals surface area contributed by atoms with Gasteiger partial charge in [0, 0.05) is 25.7 Å². The van der Waals surface area contributed by atoms with Crippen LogP contribution in [0.3, 0.4) is 0 Å². The molecule has 1 N–H and O–H groups in total. The van der Waals surface area contributed by atoms with Crippen LogP contribution in [-0.4, -0.2) is 30.4 Å². The first kappa shape index (κ1) is 11.6. The SMILES string of the molecule is CN(CC1CCC1)C(=O)[C@@H]1Cc2ccccc2N1. The first-order valence-electron chi connectivity index (χ1n) is 6.83. The smallest absolute Gasteiger partial charge is 0.245 e. The maximum absolute atomic E-state index is 12.4. The zero-order valence-corrected chi connectivity index (χ0v) is 10.9. The molecule has 0 spiro atoms. The van der Waals surface area contributed by atoms with Crippen LogP contribution in [0.5, 0.6) is 0 Å². The fourth-order valence-corrected chi connectivity index (χ4v) is 2.87. The number of fused-ring (bicyclic) bond motifs is 1. The second-order valence-corrected chi connectivity index (χ2v) is 5.57. The quantitative estimate of drug-likeness (QED) is 0.884. The highest BCUT2D eigenvalue weighted by molar-refractivity contribution is 5.87. The topological polar surface area (TPSA) is 32.3 Å². The van der Waals surface area contributed by atoms with Crippen molar-refractivity contribution in [2.75, 3.05) is 18.9 Å². The average Bonchev–Trinajstić information content (AvgIpc) is 2.76. The van der Waals surface area contributed by atoms with E-state index in [9.17, 15) is 4.79 Å². The molecule has 1 fully saturated rings. The number of anilines is 1. The summed E-state index contributed by atoms with van der Waals surface area (Å²) in [4.78, 5) is 14.3. The van der Waals surface area contributed by atoms with Gasteiger partial charge in [0.25, 0.3) is 0 Å². The predicted octanol–water partition coefficient (Wildman–Crippen LogP) is 2.28. The number of carbonyl (C=O) groups excluding carboxylic acids is 1. The van der Waals surface area contributed by atoms with Crippen molar-refractivity contribution in [2.24, 2.45) is 5.92 Å². The molecule has 1 aromatic carbocycles. The molecule has 3 heteroatoms. The molecule has 18 heavy (non-hydrogen) atoms. The van der Waals surface area contributed by atoms with Crippen molar-refractivity contribution in [3.05, 3.63) is 29.8 Å². The summed E-state index contributed by atoms with van der Waals surface area (Å²) in [7, 11) is 1.94. The molecule has 3 rings (SSSR count). The minimum atomic E-state index is -0.0625. The van der Waals surface area contributed by atoms with E-state index in [2.05, 4.69) is 17.4 Å². The summed E-state index contributed by atoms with van der Waals surface area (Å²) in [6, 6.07) is 8.13. The van der Waals surface area contributed by atoms with Gasteiger partial charge in [-0.25, -0.2) is 0 Å². The first-order chi connectivity index (χ1) is 8.74. The molecule has 96 valence electrons. The van der Waals surface area contributed by atoms with E-state index in [1.54, 1.807) is 0 Å². The van der Waals surface area contributed by atoms with Crippen LogP contribution in [0.2, 0.25) is 0 Å². The Balaban J connectivity index is 1.61. The standard InChI is InChI=1S/C15H20N2O/c1-17(10-11-5-4-6-11)15(18)14-9-12-7-2-3-8-13(12)16-14/h2-3,7-8,11,14,16H,4-6,9-10H2,1H3/t14-/m0/s1. The fraction of sp³-hybridized carbons (Fsp3) is 0.533. The lowest BCUT2D eigenvalue weighted by molar-refractivity contribution is -0.131. The van der Waals surface area contributed by atoms with E-state index in [-0.39, 0.29) is 11.9 Å². The maximum Gasteiger partial charge on any atom is 0.245 e. The first-order valence-corrected chi connectivity index (χ1v) is 6.83. The number of nitrogens with one attached hydrogen (secondary N) is 1. The Labute approximate surface area is 108 Å². The summed E-state index contributed by atoms with van der Waals surface area (Å²) in [5.41, 5.74) is 2.38. The minimum Gasteiger partial charge on any atom is -0.373 e. The zero-order chi connectivity index (χ0) is 12.5. The molecule has 0 aromatic heterocycles. The third-order valence-corrected chi connectivity index (χ3v) is 4.20. The summed E-state index contributed by atoms with van der Waals surface area (Å²) in [5, 5.41) is 3.33. The second kappa shape index (κ2) is 4.63. The molecule has 3 nitrogen and oxygen atoms in total. The molecule has 0 saturated heterocycles. The molecule has 1 aliphatic heterocycles. The number of nitrogens with zero attached hydrogens (tertiary/aromatic N) is 1. The highest BCUT2D eigenvalue weighted by Gasteiger charge is 2.30. The molecule has 1 atom stereocenters. The average molecular weight is 244 g/mol. The molecular formula is C15H20N2O. The molecule has 1 amide bonds. The van der Waals surface area contributed by atoms with Gasteiger partial charge in [-0.1, -0.05) is 24.6 Å². The van der Waals surface area contributed by atoms with Gasteiger partial charge >= 0.3 is 0 Å². The van der Waals surface area contributed by atoms with Gasteiger partial charge < -0.3 is 10.2 Å². The molecule has 1 saturated carbocycles. The molecule has 0 bridgehead atoms. The van der Waals surface area contributed by atoms with E-state index >= 15 is 0 Å². The van der Waals surface area contributed by atoms with Crippen molar-refractivity contribution in [3.63, 3.8) is 0 Å². The van der Waals surface area contributed by atoms with Crippen LogP contribution < -0.4 is 5.32 Å². The minimum absolute atomic E-state index is 0.0625. The number of carbonyl (C=O) groups is 1. The highest BCUT2D eigenvalue weighted by Crippen LogP contribution is 2.29. The van der Waals surface area contributed by atoms with Crippen molar-refractivity contribution < 1.29 is 4.79 Å². The Hall–Kier alpha value is -1.51. The summed E-state index contributed by atoms with van der Waals surface area (Å²) in [6.45, 7) is 0.924. The van der Waals surface area contributed by atoms with Crippen LogP contribution in [-0.2, 0) is 11.2 Å². The normalized spacial score (nSPS) is 21.9. The molecule has 0 radical (unpaired) electrons. The maximum atomic E-state index is 12.4. The third kappa shape index (κ3) is 2.09. The predicted molar refractivity (Wildman–Crippen MR) is 72.5 cm³/mol. The van der Waals surface area contributed by atoms with Gasteiger partial charge in [-0.3, -0.25) is 4.79 Å². The van der Waals surface area contributed by atoms with Gasteiger partial charge in [-0.15, -0.1) is 0 Å². The van der Waals surface area contributed by atoms with Gasteiger partial charge in [-0.05, 0) is 30.4 Å². The van der Waals surface area contributed by atoms with Crippen LogP contribution in [0.1, 0.15) is 24.8 Å². The Morgan fingerprint density at radius 3 is 2.83 bits per heavy atom. The van der Waals surface area contributed by atoms with E-state index in [0.29, 0.717) is 0 Å². The number of amides is 1. The van der Waals surface area contributed by atoms with E-state index in [4.69, 9.17) is 0 Å². The molecule has 2 aliphatic rings. The zero-order valence-electron chi connectivity index (χ0n) is 10.9. The van der Waals surface area contributed by atoms with Crippen molar-refractivity contribution >= 4 is 11.6 Å². The lowest BCUT2D eigenvalue weighted by Crippen LogP contribution is -2.42. The highest BCUT2D eigenvalue weighted by atomic mass is 16.2. The summed E-state index contributed by atoms with van der Waals surface area (Å²) in [6.07, 6.45) is 4.73. The lowest BCUT2D eigenvalue weighted by atomic mass is 9.85. The van der Waals surface area contributed by atoms with Crippen LogP contribution in [0.15, 0.2) is 24.3 Å². The summed E-state index contributed by atoms with van der Waals surface area (Å²) >= 11 is 0. The lowest BCUT2D eigenvalue weighted by Gasteiger charge is -2.31. The van der Waals surface area contributed by atoms with Gasteiger partial charge in [0.15, 0.2) is 0 Å². The van der Waals surface area contributed by atoms with Crippen molar-refractivity contribution in [2.45, 2.75) is 31.7 Å². The van der Waals surface area contributed by atoms with Crippen molar-refractivity contribution in [1.29, 1.82) is 0 Å². The number of rotatable bonds is 3. The Kier molecular flexibility index (Phi) is 2.98. The Morgan fingerprint density at radius 1 is 1.39 bits per heavy atom. The summed E-state index contributed by atoms with van der Waals surface area (Å²) < 4.78 is 0. The largest absolute Gasteiger partial charge is 0.373 e. The number of benzene rings is 1. The number of para-hydroxylation sites is 1. The second-order valence-electron chi connectivity index (χ2n) is 5.57. The Bertz CT molecular complexity index is 429. The van der Waals surface area contributed by atoms with E-state index in [1.165, 1.54) is 24.8 Å². The van der Waals surface area contributed by atoms with Crippen molar-refractivity contribution in [3.8, 4) is 0 Å². The van der Waals surface area contributed by atoms with Crippen LogP contribution >= 0.6 is 0 Å².